The second kappa shape index (κ2) is 8.10. The molecule has 30 heavy (non-hydrogen) atoms. The van der Waals surface area contributed by atoms with Crippen LogP contribution in [0.1, 0.15) is 33.2 Å². The van der Waals surface area contributed by atoms with Gasteiger partial charge in [-0.05, 0) is 24.6 Å². The number of carbonyl (C=O) groups is 1. The zero-order chi connectivity index (χ0) is 21.3. The molecular weight excluding hydrogens is 390 g/mol. The molecule has 0 N–H and O–H groups in total. The van der Waals surface area contributed by atoms with Gasteiger partial charge in [0.25, 0.3) is 5.91 Å². The Bertz CT molecular complexity index is 1080. The monoisotopic (exact) mass is 410 g/mol. The number of fused-ring (bicyclic) bond motifs is 1. The molecular formula is C23H20F2N2O3. The topological polar surface area (TPSA) is 51.7 Å². The lowest BCUT2D eigenvalue weighted by atomic mass is 10.0. The molecule has 0 aliphatic carbocycles. The summed E-state index contributed by atoms with van der Waals surface area (Å²) >= 11 is 0. The predicted octanol–water partition coefficient (Wildman–Crippen LogP) is 4.45. The SMILES string of the molecule is COc1cc(F)c(C(COc2cccc(C)n2)N2Cc3ccccc3C2=O)c(F)c1. The number of aryl methyl sites for hydroxylation is 1. The highest BCUT2D eigenvalue weighted by Crippen LogP contribution is 2.35. The Morgan fingerprint density at radius 1 is 1.10 bits per heavy atom. The fourth-order valence-corrected chi connectivity index (χ4v) is 3.62. The van der Waals surface area contributed by atoms with Crippen molar-refractivity contribution in [3.05, 3.63) is 88.6 Å². The number of carbonyl (C=O) groups excluding carboxylic acids is 1. The van der Waals surface area contributed by atoms with Crippen molar-refractivity contribution < 1.29 is 23.0 Å². The number of amides is 1. The molecule has 1 aliphatic heterocycles. The van der Waals surface area contributed by atoms with Crippen LogP contribution >= 0.6 is 0 Å². The third kappa shape index (κ3) is 3.70. The highest BCUT2D eigenvalue weighted by molar-refractivity contribution is 5.98. The summed E-state index contributed by atoms with van der Waals surface area (Å²) in [6.45, 7) is 1.89. The molecule has 1 atom stereocenters. The van der Waals surface area contributed by atoms with Crippen LogP contribution in [0.25, 0.3) is 0 Å². The summed E-state index contributed by atoms with van der Waals surface area (Å²) in [4.78, 5) is 18.7. The van der Waals surface area contributed by atoms with Crippen LogP contribution in [0.15, 0.2) is 54.6 Å². The first-order chi connectivity index (χ1) is 14.5. The van der Waals surface area contributed by atoms with Crippen molar-refractivity contribution in [2.45, 2.75) is 19.5 Å². The number of ether oxygens (including phenoxy) is 2. The van der Waals surface area contributed by atoms with E-state index in [1.165, 1.54) is 12.0 Å². The highest BCUT2D eigenvalue weighted by atomic mass is 19.1. The molecule has 7 heteroatoms. The molecule has 1 unspecified atom stereocenters. The van der Waals surface area contributed by atoms with Gasteiger partial charge in [0.1, 0.15) is 24.0 Å². The van der Waals surface area contributed by atoms with Crippen LogP contribution in [0.5, 0.6) is 11.6 Å². The summed E-state index contributed by atoms with van der Waals surface area (Å²) in [6.07, 6.45) is 0. The smallest absolute Gasteiger partial charge is 0.255 e. The lowest BCUT2D eigenvalue weighted by Crippen LogP contribution is -2.34. The fraction of sp³-hybridized carbons (Fsp3) is 0.217. The number of hydrogen-bond donors (Lipinski definition) is 0. The van der Waals surface area contributed by atoms with Crippen LogP contribution in [-0.4, -0.2) is 29.5 Å². The van der Waals surface area contributed by atoms with Gasteiger partial charge in [0.05, 0.1) is 13.2 Å². The zero-order valence-corrected chi connectivity index (χ0v) is 16.6. The van der Waals surface area contributed by atoms with Gasteiger partial charge in [-0.15, -0.1) is 0 Å². The summed E-state index contributed by atoms with van der Waals surface area (Å²) in [5.74, 6) is -1.53. The van der Waals surface area contributed by atoms with E-state index in [1.807, 2.05) is 25.1 Å². The van der Waals surface area contributed by atoms with Crippen molar-refractivity contribution in [3.8, 4) is 11.6 Å². The molecule has 5 nitrogen and oxygen atoms in total. The summed E-state index contributed by atoms with van der Waals surface area (Å²) in [7, 11) is 1.33. The van der Waals surface area contributed by atoms with Gasteiger partial charge in [-0.25, -0.2) is 13.8 Å². The van der Waals surface area contributed by atoms with E-state index in [0.29, 0.717) is 11.4 Å². The van der Waals surface area contributed by atoms with Gasteiger partial charge in [0, 0.05) is 41.6 Å². The number of methoxy groups -OCH3 is 1. The molecule has 0 spiro atoms. The number of nitrogens with zero attached hydrogens (tertiary/aromatic N) is 2. The lowest BCUT2D eigenvalue weighted by Gasteiger charge is -2.29. The van der Waals surface area contributed by atoms with Crippen molar-refractivity contribution in [2.75, 3.05) is 13.7 Å². The van der Waals surface area contributed by atoms with Gasteiger partial charge >= 0.3 is 0 Å². The second-order valence-corrected chi connectivity index (χ2v) is 7.04. The summed E-state index contributed by atoms with van der Waals surface area (Å²) in [6, 6.07) is 13.6. The molecule has 2 heterocycles. The van der Waals surface area contributed by atoms with Gasteiger partial charge in [-0.2, -0.15) is 0 Å². The molecule has 1 aromatic heterocycles. The first-order valence-electron chi connectivity index (χ1n) is 9.46. The van der Waals surface area contributed by atoms with E-state index in [1.54, 1.807) is 24.3 Å². The zero-order valence-electron chi connectivity index (χ0n) is 16.6. The van der Waals surface area contributed by atoms with E-state index in [9.17, 15) is 13.6 Å². The first kappa shape index (κ1) is 19.8. The molecule has 4 rings (SSSR count). The molecule has 1 aliphatic rings. The Balaban J connectivity index is 1.72. The Morgan fingerprint density at radius 3 is 2.50 bits per heavy atom. The van der Waals surface area contributed by atoms with Gasteiger partial charge in [0.15, 0.2) is 0 Å². The van der Waals surface area contributed by atoms with Gasteiger partial charge in [0.2, 0.25) is 5.88 Å². The lowest BCUT2D eigenvalue weighted by molar-refractivity contribution is 0.0621. The van der Waals surface area contributed by atoms with Crippen LogP contribution in [0.4, 0.5) is 8.78 Å². The van der Waals surface area contributed by atoms with Gasteiger partial charge in [-0.1, -0.05) is 24.3 Å². The van der Waals surface area contributed by atoms with Crippen LogP contribution in [0, 0.1) is 18.6 Å². The molecule has 1 amide bonds. The largest absolute Gasteiger partial charge is 0.497 e. The Hall–Kier alpha value is -3.48. The Morgan fingerprint density at radius 2 is 1.83 bits per heavy atom. The van der Waals surface area contributed by atoms with Crippen molar-refractivity contribution in [1.82, 2.24) is 9.88 Å². The van der Waals surface area contributed by atoms with E-state index in [4.69, 9.17) is 9.47 Å². The van der Waals surface area contributed by atoms with Crippen LogP contribution in [0.3, 0.4) is 0 Å². The normalized spacial score (nSPS) is 13.9. The van der Waals surface area contributed by atoms with Gasteiger partial charge in [-0.3, -0.25) is 4.79 Å². The maximum atomic E-state index is 14.9. The van der Waals surface area contributed by atoms with Crippen molar-refractivity contribution in [1.29, 1.82) is 0 Å². The van der Waals surface area contributed by atoms with E-state index in [0.717, 1.165) is 23.4 Å². The molecule has 0 saturated heterocycles. The molecule has 0 bridgehead atoms. The minimum Gasteiger partial charge on any atom is -0.497 e. The fourth-order valence-electron chi connectivity index (χ4n) is 3.62. The van der Waals surface area contributed by atoms with Crippen molar-refractivity contribution in [2.24, 2.45) is 0 Å². The average molecular weight is 410 g/mol. The molecule has 154 valence electrons. The quantitative estimate of drug-likeness (QED) is 0.602. The summed E-state index contributed by atoms with van der Waals surface area (Å²) < 4.78 is 40.5. The highest BCUT2D eigenvalue weighted by Gasteiger charge is 2.36. The maximum Gasteiger partial charge on any atom is 0.255 e. The van der Waals surface area contributed by atoms with Crippen LogP contribution < -0.4 is 9.47 Å². The summed E-state index contributed by atoms with van der Waals surface area (Å²) in [5.41, 5.74) is 1.82. The predicted molar refractivity (Wildman–Crippen MR) is 106 cm³/mol. The van der Waals surface area contributed by atoms with Crippen LogP contribution in [-0.2, 0) is 6.54 Å². The maximum absolute atomic E-state index is 14.9. The third-order valence-electron chi connectivity index (χ3n) is 5.10. The first-order valence-corrected chi connectivity index (χ1v) is 9.46. The second-order valence-electron chi connectivity index (χ2n) is 7.04. The number of halogens is 2. The number of rotatable bonds is 6. The van der Waals surface area contributed by atoms with Crippen molar-refractivity contribution in [3.63, 3.8) is 0 Å². The van der Waals surface area contributed by atoms with E-state index in [-0.39, 0.29) is 30.4 Å². The molecule has 2 aromatic carbocycles. The Labute approximate surface area is 172 Å². The van der Waals surface area contributed by atoms with E-state index in [2.05, 4.69) is 4.98 Å². The van der Waals surface area contributed by atoms with Crippen molar-refractivity contribution >= 4 is 5.91 Å². The molecule has 3 aromatic rings. The van der Waals surface area contributed by atoms with E-state index < -0.39 is 17.7 Å². The molecule has 0 fully saturated rings. The number of hydrogen-bond acceptors (Lipinski definition) is 4. The minimum absolute atomic E-state index is 0.0600. The molecule has 0 saturated carbocycles. The Kier molecular flexibility index (Phi) is 5.35. The summed E-state index contributed by atoms with van der Waals surface area (Å²) in [5, 5.41) is 0. The standard InChI is InChI=1S/C23H20F2N2O3/c1-14-6-5-9-21(26-14)30-13-20(22-18(24)10-16(29-2)11-19(22)25)27-12-15-7-3-4-8-17(15)23(27)28/h3-11,20H,12-13H2,1-2H3. The molecule has 0 radical (unpaired) electrons. The number of benzene rings is 2. The average Bonchev–Trinajstić information content (AvgIpc) is 3.06. The van der Waals surface area contributed by atoms with E-state index >= 15 is 0 Å². The number of pyridine rings is 1. The minimum atomic E-state index is -0.988. The third-order valence-corrected chi connectivity index (χ3v) is 5.10. The number of aromatic nitrogens is 1. The van der Waals surface area contributed by atoms with Gasteiger partial charge < -0.3 is 14.4 Å². The van der Waals surface area contributed by atoms with Crippen LogP contribution in [0.2, 0.25) is 0 Å².